The number of halogens is 1. The summed E-state index contributed by atoms with van der Waals surface area (Å²) in [6, 6.07) is 4.14. The molecule has 0 saturated heterocycles. The Morgan fingerprint density at radius 3 is 2.53 bits per heavy atom. The summed E-state index contributed by atoms with van der Waals surface area (Å²) in [5, 5.41) is 10.7. The zero-order chi connectivity index (χ0) is 13.7. The van der Waals surface area contributed by atoms with Gasteiger partial charge in [-0.25, -0.2) is 0 Å². The molecule has 1 aromatic rings. The van der Waals surface area contributed by atoms with E-state index < -0.39 is 6.10 Å². The number of aliphatic hydroxyl groups excluding tert-OH is 1. The van der Waals surface area contributed by atoms with Crippen molar-refractivity contribution >= 4 is 27.3 Å². The van der Waals surface area contributed by atoms with Gasteiger partial charge < -0.3 is 9.84 Å². The van der Waals surface area contributed by atoms with Crippen molar-refractivity contribution in [2.75, 3.05) is 6.61 Å². The van der Waals surface area contributed by atoms with E-state index in [1.54, 1.807) is 11.3 Å². The first kappa shape index (κ1) is 15.5. The van der Waals surface area contributed by atoms with Gasteiger partial charge in [0, 0.05) is 17.9 Å². The Kier molecular flexibility index (Phi) is 5.87. The lowest BCUT2D eigenvalue weighted by Crippen LogP contribution is -2.45. The monoisotopic (exact) mass is 346 g/mol. The molecule has 1 atom stereocenters. The lowest BCUT2D eigenvalue weighted by atomic mass is 9.86. The van der Waals surface area contributed by atoms with Crippen molar-refractivity contribution in [3.63, 3.8) is 0 Å². The van der Waals surface area contributed by atoms with Crippen LogP contribution in [-0.2, 0) is 11.2 Å². The van der Waals surface area contributed by atoms with Crippen molar-refractivity contribution in [2.45, 2.75) is 63.6 Å². The third-order valence-corrected chi connectivity index (χ3v) is 5.66. The molecule has 2 rings (SSSR count). The summed E-state index contributed by atoms with van der Waals surface area (Å²) >= 11 is 5.18. The zero-order valence-corrected chi connectivity index (χ0v) is 13.9. The van der Waals surface area contributed by atoms with Gasteiger partial charge in [0.25, 0.3) is 0 Å². The van der Waals surface area contributed by atoms with Crippen LogP contribution in [0.3, 0.4) is 0 Å². The summed E-state index contributed by atoms with van der Waals surface area (Å²) in [7, 11) is 0. The van der Waals surface area contributed by atoms with Gasteiger partial charge in [-0.15, -0.1) is 11.3 Å². The minimum atomic E-state index is -0.393. The molecule has 1 N–H and O–H groups in total. The van der Waals surface area contributed by atoms with Crippen LogP contribution in [0.5, 0.6) is 0 Å². The molecule has 0 amide bonds. The van der Waals surface area contributed by atoms with E-state index in [4.69, 9.17) is 4.74 Å². The van der Waals surface area contributed by atoms with Crippen LogP contribution in [0.2, 0.25) is 0 Å². The summed E-state index contributed by atoms with van der Waals surface area (Å²) in [6.07, 6.45) is 7.18. The van der Waals surface area contributed by atoms with Gasteiger partial charge in [0.1, 0.15) is 0 Å². The van der Waals surface area contributed by atoms with E-state index in [0.717, 1.165) is 16.6 Å². The predicted molar refractivity (Wildman–Crippen MR) is 83.8 cm³/mol. The number of thiophene rings is 1. The van der Waals surface area contributed by atoms with Crippen LogP contribution in [0, 0.1) is 0 Å². The van der Waals surface area contributed by atoms with Crippen molar-refractivity contribution in [1.82, 2.24) is 0 Å². The molecule has 1 saturated carbocycles. The highest BCUT2D eigenvalue weighted by Gasteiger charge is 2.38. The Bertz CT molecular complexity index is 383. The number of hydrogen-bond acceptors (Lipinski definition) is 3. The highest BCUT2D eigenvalue weighted by Crippen LogP contribution is 2.36. The minimum absolute atomic E-state index is 0.318. The van der Waals surface area contributed by atoms with Crippen LogP contribution in [0.4, 0.5) is 0 Å². The van der Waals surface area contributed by atoms with E-state index in [2.05, 4.69) is 22.0 Å². The molecule has 0 spiro atoms. The van der Waals surface area contributed by atoms with Crippen molar-refractivity contribution in [3.05, 3.63) is 20.8 Å². The second-order valence-electron chi connectivity index (χ2n) is 5.34. The SMILES string of the molecule is CCOC1(C(O)Cc2ccc(Br)s2)CCCCCC1. The maximum atomic E-state index is 10.7. The molecular weight excluding hydrogens is 324 g/mol. The second-order valence-corrected chi connectivity index (χ2v) is 7.89. The molecule has 1 heterocycles. The normalized spacial score (nSPS) is 21.0. The number of hydrogen-bond donors (Lipinski definition) is 1. The summed E-state index contributed by atoms with van der Waals surface area (Å²) in [5.41, 5.74) is -0.318. The largest absolute Gasteiger partial charge is 0.390 e. The van der Waals surface area contributed by atoms with Gasteiger partial charge >= 0.3 is 0 Å². The molecule has 0 radical (unpaired) electrons. The van der Waals surface area contributed by atoms with Crippen molar-refractivity contribution < 1.29 is 9.84 Å². The molecule has 108 valence electrons. The maximum Gasteiger partial charge on any atom is 0.0943 e. The summed E-state index contributed by atoms with van der Waals surface area (Å²) in [5.74, 6) is 0. The fourth-order valence-corrected chi connectivity index (χ4v) is 4.55. The first-order valence-corrected chi connectivity index (χ1v) is 8.83. The van der Waals surface area contributed by atoms with Crippen LogP contribution >= 0.6 is 27.3 Å². The molecule has 1 aromatic heterocycles. The summed E-state index contributed by atoms with van der Waals surface area (Å²) in [4.78, 5) is 1.22. The fourth-order valence-electron chi connectivity index (χ4n) is 3.03. The smallest absolute Gasteiger partial charge is 0.0943 e. The van der Waals surface area contributed by atoms with Gasteiger partial charge in [0.05, 0.1) is 15.5 Å². The number of ether oxygens (including phenoxy) is 1. The number of rotatable bonds is 5. The Morgan fingerprint density at radius 2 is 2.00 bits per heavy atom. The van der Waals surface area contributed by atoms with E-state index in [1.807, 2.05) is 13.0 Å². The Morgan fingerprint density at radius 1 is 1.32 bits per heavy atom. The number of aliphatic hydroxyl groups is 1. The van der Waals surface area contributed by atoms with Crippen molar-refractivity contribution in [2.24, 2.45) is 0 Å². The highest BCUT2D eigenvalue weighted by atomic mass is 79.9. The molecule has 1 fully saturated rings. The van der Waals surface area contributed by atoms with Crippen LogP contribution in [0.25, 0.3) is 0 Å². The first-order chi connectivity index (χ1) is 9.16. The average molecular weight is 347 g/mol. The van der Waals surface area contributed by atoms with Gasteiger partial charge in [-0.3, -0.25) is 0 Å². The summed E-state index contributed by atoms with van der Waals surface area (Å²) in [6.45, 7) is 2.71. The molecule has 0 aliphatic heterocycles. The van der Waals surface area contributed by atoms with E-state index in [0.29, 0.717) is 13.0 Å². The average Bonchev–Trinajstić information content (AvgIpc) is 2.65. The van der Waals surface area contributed by atoms with E-state index in [1.165, 1.54) is 30.6 Å². The lowest BCUT2D eigenvalue weighted by molar-refractivity contribution is -0.128. The lowest BCUT2D eigenvalue weighted by Gasteiger charge is -2.37. The standard InChI is InChI=1S/C15H23BrO2S/c1-2-18-15(9-5-3-4-6-10-15)13(17)11-12-7-8-14(16)19-12/h7-8,13,17H,2-6,9-11H2,1H3. The molecule has 4 heteroatoms. The van der Waals surface area contributed by atoms with E-state index in [-0.39, 0.29) is 5.60 Å². The van der Waals surface area contributed by atoms with Crippen molar-refractivity contribution in [3.8, 4) is 0 Å². The van der Waals surface area contributed by atoms with Crippen LogP contribution in [0.15, 0.2) is 15.9 Å². The van der Waals surface area contributed by atoms with Crippen LogP contribution in [-0.4, -0.2) is 23.4 Å². The topological polar surface area (TPSA) is 29.5 Å². The molecule has 19 heavy (non-hydrogen) atoms. The molecule has 0 bridgehead atoms. The molecule has 0 aromatic carbocycles. The molecule has 2 nitrogen and oxygen atoms in total. The second kappa shape index (κ2) is 7.21. The van der Waals surface area contributed by atoms with E-state index in [9.17, 15) is 5.11 Å². The third-order valence-electron chi connectivity index (χ3n) is 4.01. The van der Waals surface area contributed by atoms with Gasteiger partial charge in [0.15, 0.2) is 0 Å². The molecule has 1 aliphatic rings. The Hall–Kier alpha value is 0.1000. The fraction of sp³-hybridized carbons (Fsp3) is 0.733. The van der Waals surface area contributed by atoms with Gasteiger partial charge in [-0.2, -0.15) is 0 Å². The van der Waals surface area contributed by atoms with Gasteiger partial charge in [-0.1, -0.05) is 25.7 Å². The first-order valence-electron chi connectivity index (χ1n) is 7.22. The van der Waals surface area contributed by atoms with Crippen LogP contribution < -0.4 is 0 Å². The molecule has 1 aliphatic carbocycles. The Labute approximate surface area is 128 Å². The third kappa shape index (κ3) is 4.03. The molecule has 1 unspecified atom stereocenters. The minimum Gasteiger partial charge on any atom is -0.390 e. The summed E-state index contributed by atoms with van der Waals surface area (Å²) < 4.78 is 7.16. The van der Waals surface area contributed by atoms with Gasteiger partial charge in [-0.05, 0) is 47.8 Å². The van der Waals surface area contributed by atoms with Crippen LogP contribution in [0.1, 0.15) is 50.3 Å². The highest BCUT2D eigenvalue weighted by molar-refractivity contribution is 9.11. The Balaban J connectivity index is 2.08. The zero-order valence-electron chi connectivity index (χ0n) is 11.5. The van der Waals surface area contributed by atoms with E-state index >= 15 is 0 Å². The predicted octanol–water partition coefficient (Wildman–Crippen LogP) is 4.54. The quantitative estimate of drug-likeness (QED) is 0.792. The van der Waals surface area contributed by atoms with Gasteiger partial charge in [0.2, 0.25) is 0 Å². The van der Waals surface area contributed by atoms with Crippen molar-refractivity contribution in [1.29, 1.82) is 0 Å². The maximum absolute atomic E-state index is 10.7. The molecular formula is C15H23BrO2S.